The van der Waals surface area contributed by atoms with Gasteiger partial charge >= 0.3 is 0 Å². The van der Waals surface area contributed by atoms with Gasteiger partial charge in [-0.3, -0.25) is 5.41 Å². The summed E-state index contributed by atoms with van der Waals surface area (Å²) in [6.45, 7) is 1.37. The van der Waals surface area contributed by atoms with Crippen molar-refractivity contribution in [2.45, 2.75) is 44.3 Å². The van der Waals surface area contributed by atoms with Gasteiger partial charge in [0.2, 0.25) is 0 Å². The Bertz CT molecular complexity index is 263. The van der Waals surface area contributed by atoms with Crippen LogP contribution in [-0.4, -0.2) is 18.7 Å². The van der Waals surface area contributed by atoms with Crippen LogP contribution in [-0.2, 0) is 9.84 Å². The molecule has 0 unspecified atom stereocenters. The van der Waals surface area contributed by atoms with Crippen LogP contribution >= 0.6 is 0 Å². The van der Waals surface area contributed by atoms with E-state index in [9.17, 15) is 8.42 Å². The Morgan fingerprint density at radius 1 is 1.25 bits per heavy atom. The molecule has 0 bridgehead atoms. The van der Waals surface area contributed by atoms with Crippen LogP contribution in [0.15, 0.2) is 0 Å². The molecule has 0 heterocycles. The monoisotopic (exact) mass is 189 g/mol. The van der Waals surface area contributed by atoms with Crippen LogP contribution < -0.4 is 0 Å². The highest BCUT2D eigenvalue weighted by molar-refractivity contribution is 8.06. The van der Waals surface area contributed by atoms with Crippen LogP contribution in [0.4, 0.5) is 0 Å². The summed E-state index contributed by atoms with van der Waals surface area (Å²) in [5, 5.41) is 6.71. The van der Waals surface area contributed by atoms with Gasteiger partial charge in [0.1, 0.15) is 5.04 Å². The predicted octanol–water partition coefficient (Wildman–Crippen LogP) is 1.73. The lowest BCUT2D eigenvalue weighted by Gasteiger charge is -2.20. The Balaban J connectivity index is 2.74. The largest absolute Gasteiger partial charge is 0.294 e. The summed E-state index contributed by atoms with van der Waals surface area (Å²) in [5.41, 5.74) is 0. The maximum Gasteiger partial charge on any atom is 0.193 e. The molecule has 0 aromatic heterocycles. The number of hydrogen-bond donors (Lipinski definition) is 1. The van der Waals surface area contributed by atoms with Crippen molar-refractivity contribution >= 4 is 14.9 Å². The lowest BCUT2D eigenvalue weighted by atomic mass is 10.0. The highest BCUT2D eigenvalue weighted by Crippen LogP contribution is 2.24. The molecule has 1 N–H and O–H groups in total. The van der Waals surface area contributed by atoms with E-state index < -0.39 is 9.84 Å². The zero-order valence-electron chi connectivity index (χ0n) is 7.34. The minimum Gasteiger partial charge on any atom is -0.294 e. The molecule has 3 nitrogen and oxygen atoms in total. The molecule has 70 valence electrons. The molecule has 0 atom stereocenters. The molecule has 0 radical (unpaired) electrons. The van der Waals surface area contributed by atoms with Gasteiger partial charge in [0, 0.05) is 0 Å². The van der Waals surface area contributed by atoms with Gasteiger partial charge in [0.05, 0.1) is 5.25 Å². The first kappa shape index (κ1) is 9.71. The van der Waals surface area contributed by atoms with Gasteiger partial charge in [0.25, 0.3) is 0 Å². The molecule has 1 saturated carbocycles. The van der Waals surface area contributed by atoms with Gasteiger partial charge in [-0.05, 0) is 19.8 Å². The Morgan fingerprint density at radius 2 is 1.75 bits per heavy atom. The van der Waals surface area contributed by atoms with Crippen LogP contribution in [0.2, 0.25) is 0 Å². The summed E-state index contributed by atoms with van der Waals surface area (Å²) >= 11 is 0. The van der Waals surface area contributed by atoms with E-state index in [1.165, 1.54) is 6.92 Å². The van der Waals surface area contributed by atoms with Crippen molar-refractivity contribution in [3.63, 3.8) is 0 Å². The third-order valence-corrected chi connectivity index (χ3v) is 4.62. The molecule has 0 spiro atoms. The van der Waals surface area contributed by atoms with Crippen molar-refractivity contribution in [2.75, 3.05) is 0 Å². The van der Waals surface area contributed by atoms with Crippen LogP contribution in [0.25, 0.3) is 0 Å². The van der Waals surface area contributed by atoms with E-state index in [2.05, 4.69) is 0 Å². The lowest BCUT2D eigenvalue weighted by molar-refractivity contribution is 0.489. The minimum absolute atomic E-state index is 0.172. The number of rotatable bonds is 1. The van der Waals surface area contributed by atoms with Crippen molar-refractivity contribution < 1.29 is 8.42 Å². The molecular weight excluding hydrogens is 174 g/mol. The third kappa shape index (κ3) is 1.86. The molecule has 1 fully saturated rings. The zero-order chi connectivity index (χ0) is 9.19. The topological polar surface area (TPSA) is 58.0 Å². The van der Waals surface area contributed by atoms with Gasteiger partial charge in [-0.25, -0.2) is 8.42 Å². The van der Waals surface area contributed by atoms with E-state index in [1.807, 2.05) is 0 Å². The van der Waals surface area contributed by atoms with Crippen molar-refractivity contribution in [2.24, 2.45) is 0 Å². The summed E-state index contributed by atoms with van der Waals surface area (Å²) in [6, 6.07) is 0. The first-order valence-electron chi connectivity index (χ1n) is 4.34. The molecule has 1 rings (SSSR count). The SMILES string of the molecule is CC(=N)S(=O)(=O)C1CCCCC1. The Kier molecular flexibility index (Phi) is 2.88. The zero-order valence-corrected chi connectivity index (χ0v) is 8.15. The molecule has 0 amide bonds. The summed E-state index contributed by atoms with van der Waals surface area (Å²) in [4.78, 5) is 0. The van der Waals surface area contributed by atoms with E-state index >= 15 is 0 Å². The maximum absolute atomic E-state index is 11.5. The summed E-state index contributed by atoms with van der Waals surface area (Å²) in [6.07, 6.45) is 4.63. The number of nitrogens with one attached hydrogen (secondary N) is 1. The Hall–Kier alpha value is -0.380. The first-order chi connectivity index (χ1) is 5.55. The highest BCUT2D eigenvalue weighted by Gasteiger charge is 2.28. The van der Waals surface area contributed by atoms with Gasteiger partial charge in [-0.1, -0.05) is 19.3 Å². The minimum atomic E-state index is -3.22. The highest BCUT2D eigenvalue weighted by atomic mass is 32.2. The quantitative estimate of drug-likeness (QED) is 0.504. The Morgan fingerprint density at radius 3 is 2.17 bits per heavy atom. The molecule has 12 heavy (non-hydrogen) atoms. The molecule has 0 aromatic rings. The van der Waals surface area contributed by atoms with E-state index in [-0.39, 0.29) is 10.3 Å². The number of hydrogen-bond acceptors (Lipinski definition) is 3. The van der Waals surface area contributed by atoms with Crippen LogP contribution in [0, 0.1) is 5.41 Å². The predicted molar refractivity (Wildman–Crippen MR) is 49.2 cm³/mol. The normalized spacial score (nSPS) is 20.8. The fraction of sp³-hybridized carbons (Fsp3) is 0.875. The second-order valence-corrected chi connectivity index (χ2v) is 5.73. The van der Waals surface area contributed by atoms with E-state index in [0.717, 1.165) is 32.1 Å². The van der Waals surface area contributed by atoms with Gasteiger partial charge < -0.3 is 0 Å². The average Bonchev–Trinajstić information content (AvgIpc) is 2.06. The Labute approximate surface area is 73.6 Å². The van der Waals surface area contributed by atoms with E-state index in [1.54, 1.807) is 0 Å². The fourth-order valence-corrected chi connectivity index (χ4v) is 3.08. The molecule has 0 saturated heterocycles. The van der Waals surface area contributed by atoms with Crippen LogP contribution in [0.3, 0.4) is 0 Å². The number of sulfone groups is 1. The molecular formula is C8H15NO2S. The van der Waals surface area contributed by atoms with Gasteiger partial charge in [-0.15, -0.1) is 0 Å². The van der Waals surface area contributed by atoms with Crippen LogP contribution in [0.1, 0.15) is 39.0 Å². The average molecular weight is 189 g/mol. The van der Waals surface area contributed by atoms with Crippen molar-refractivity contribution in [3.8, 4) is 0 Å². The van der Waals surface area contributed by atoms with Gasteiger partial charge in [-0.2, -0.15) is 0 Å². The van der Waals surface area contributed by atoms with Gasteiger partial charge in [0.15, 0.2) is 9.84 Å². The van der Waals surface area contributed by atoms with Crippen molar-refractivity contribution in [1.29, 1.82) is 5.41 Å². The van der Waals surface area contributed by atoms with E-state index in [0.29, 0.717) is 0 Å². The second kappa shape index (κ2) is 3.56. The van der Waals surface area contributed by atoms with E-state index in [4.69, 9.17) is 5.41 Å². The third-order valence-electron chi connectivity index (χ3n) is 2.42. The fourth-order valence-electron chi connectivity index (χ4n) is 1.63. The molecule has 4 heteroatoms. The second-order valence-electron chi connectivity index (χ2n) is 3.36. The molecule has 1 aliphatic rings. The molecule has 0 aromatic carbocycles. The summed E-state index contributed by atoms with van der Waals surface area (Å²) in [7, 11) is -3.22. The molecule has 1 aliphatic carbocycles. The standard InChI is InChI=1S/C8H15NO2S/c1-7(9)12(10,11)8-5-3-2-4-6-8/h8-9H,2-6H2,1H3. The molecule has 0 aliphatic heterocycles. The summed E-state index contributed by atoms with van der Waals surface area (Å²) in [5.74, 6) is 0. The van der Waals surface area contributed by atoms with Crippen molar-refractivity contribution in [1.82, 2.24) is 0 Å². The van der Waals surface area contributed by atoms with Crippen molar-refractivity contribution in [3.05, 3.63) is 0 Å². The maximum atomic E-state index is 11.5. The lowest BCUT2D eigenvalue weighted by Crippen LogP contribution is -2.28. The summed E-state index contributed by atoms with van der Waals surface area (Å²) < 4.78 is 22.9. The smallest absolute Gasteiger partial charge is 0.193 e. The first-order valence-corrected chi connectivity index (χ1v) is 5.89. The van der Waals surface area contributed by atoms with Crippen LogP contribution in [0.5, 0.6) is 0 Å².